The number of alkyl halides is 3. The summed E-state index contributed by atoms with van der Waals surface area (Å²) >= 11 is 0. The number of rotatable bonds is 6. The molecule has 160 valence electrons. The van der Waals surface area contributed by atoms with Gasteiger partial charge in [0.2, 0.25) is 11.9 Å². The third-order valence-corrected chi connectivity index (χ3v) is 4.90. The molecule has 1 aliphatic rings. The second-order valence-electron chi connectivity index (χ2n) is 7.09. The van der Waals surface area contributed by atoms with Crippen LogP contribution in [0.5, 0.6) is 5.75 Å². The highest BCUT2D eigenvalue weighted by molar-refractivity contribution is 5.95. The number of nitrogens with zero attached hydrogens (tertiary/aromatic N) is 3. The molecule has 0 saturated heterocycles. The number of aliphatic imine (C=N–C) groups is 2. The summed E-state index contributed by atoms with van der Waals surface area (Å²) in [5.74, 6) is 0.929. The van der Waals surface area contributed by atoms with Crippen LogP contribution in [0.2, 0.25) is 0 Å². The molecule has 1 atom stereocenters. The normalized spacial score (nSPS) is 16.8. The lowest BCUT2D eigenvalue weighted by atomic mass is 10.1. The fourth-order valence-electron chi connectivity index (χ4n) is 3.09. The molecule has 1 aliphatic heterocycles. The van der Waals surface area contributed by atoms with Crippen LogP contribution < -0.4 is 16.2 Å². The first-order valence-corrected chi connectivity index (χ1v) is 9.46. The summed E-state index contributed by atoms with van der Waals surface area (Å²) in [6.07, 6.45) is -4.44. The molecule has 0 spiro atoms. The third kappa shape index (κ3) is 5.03. The van der Waals surface area contributed by atoms with Gasteiger partial charge in [-0.1, -0.05) is 18.2 Å². The van der Waals surface area contributed by atoms with Crippen LogP contribution in [0.4, 0.5) is 13.2 Å². The highest BCUT2D eigenvalue weighted by atomic mass is 19.4. The monoisotopic (exact) mass is 419 g/mol. The summed E-state index contributed by atoms with van der Waals surface area (Å²) in [7, 11) is 0. The van der Waals surface area contributed by atoms with Crippen molar-refractivity contribution in [2.24, 2.45) is 21.5 Å². The van der Waals surface area contributed by atoms with Crippen molar-refractivity contribution in [1.29, 1.82) is 0 Å². The van der Waals surface area contributed by atoms with E-state index in [2.05, 4.69) is 9.98 Å². The lowest BCUT2D eigenvalue weighted by molar-refractivity contribution is -0.137. The van der Waals surface area contributed by atoms with E-state index in [1.807, 2.05) is 32.0 Å². The Hall–Kier alpha value is -3.23. The minimum atomic E-state index is -4.40. The van der Waals surface area contributed by atoms with Crippen molar-refractivity contribution >= 4 is 11.9 Å². The van der Waals surface area contributed by atoms with E-state index in [1.54, 1.807) is 4.90 Å². The van der Waals surface area contributed by atoms with Gasteiger partial charge in [-0.2, -0.15) is 18.2 Å². The molecule has 2 aromatic carbocycles. The number of halogens is 3. The molecule has 0 amide bonds. The minimum absolute atomic E-state index is 0.0139. The summed E-state index contributed by atoms with van der Waals surface area (Å²) in [5.41, 5.74) is 13.9. The van der Waals surface area contributed by atoms with E-state index in [9.17, 15) is 13.2 Å². The predicted octanol–water partition coefficient (Wildman–Crippen LogP) is 3.73. The van der Waals surface area contributed by atoms with E-state index in [-0.39, 0.29) is 11.9 Å². The number of nitrogens with two attached hydrogens (primary N) is 2. The summed E-state index contributed by atoms with van der Waals surface area (Å²) < 4.78 is 44.3. The molecule has 3 rings (SSSR count). The number of aryl methyl sites for hydroxylation is 2. The zero-order valence-corrected chi connectivity index (χ0v) is 16.8. The maximum Gasteiger partial charge on any atom is 0.416 e. The standard InChI is InChI=1S/C21H24F3N5O/c1-13-4-9-17(12-14(13)2)30-11-3-10-29-18(27-19(25)28-20(29)26)15-5-7-16(8-6-15)21(22,23)24/h4-9,12,18H,3,10-11H2,1-2H3,(H4,25,26,27,28). The van der Waals surface area contributed by atoms with Gasteiger partial charge < -0.3 is 21.1 Å². The van der Waals surface area contributed by atoms with Gasteiger partial charge in [0.05, 0.1) is 12.2 Å². The van der Waals surface area contributed by atoms with Crippen molar-refractivity contribution in [3.8, 4) is 5.75 Å². The smallest absolute Gasteiger partial charge is 0.416 e. The van der Waals surface area contributed by atoms with Gasteiger partial charge in [-0.3, -0.25) is 0 Å². The van der Waals surface area contributed by atoms with E-state index < -0.39 is 17.9 Å². The quantitative estimate of drug-likeness (QED) is 0.698. The maximum atomic E-state index is 12.8. The van der Waals surface area contributed by atoms with Crippen LogP contribution in [0.25, 0.3) is 0 Å². The molecule has 1 unspecified atom stereocenters. The van der Waals surface area contributed by atoms with Gasteiger partial charge in [-0.25, -0.2) is 4.99 Å². The molecule has 0 fully saturated rings. The molecule has 0 saturated carbocycles. The van der Waals surface area contributed by atoms with E-state index in [0.717, 1.165) is 23.4 Å². The SMILES string of the molecule is Cc1ccc(OCCCN2C(N)=NC(N)=NC2c2ccc(C(F)(F)F)cc2)cc1C. The van der Waals surface area contributed by atoms with Gasteiger partial charge in [0.25, 0.3) is 0 Å². The average molecular weight is 419 g/mol. The fourth-order valence-corrected chi connectivity index (χ4v) is 3.09. The molecule has 4 N–H and O–H groups in total. The fraction of sp³-hybridized carbons (Fsp3) is 0.333. The first kappa shape index (κ1) is 21.5. The molecule has 0 bridgehead atoms. The first-order chi connectivity index (χ1) is 14.1. The van der Waals surface area contributed by atoms with Crippen molar-refractivity contribution in [3.05, 3.63) is 64.7 Å². The molecular formula is C21H24F3N5O. The summed E-state index contributed by atoms with van der Waals surface area (Å²) in [4.78, 5) is 9.94. The van der Waals surface area contributed by atoms with Gasteiger partial charge in [-0.05, 0) is 61.2 Å². The molecule has 2 aromatic rings. The molecule has 0 radical (unpaired) electrons. The Labute approximate surface area is 173 Å². The van der Waals surface area contributed by atoms with Crippen LogP contribution in [0.1, 0.15) is 34.8 Å². The van der Waals surface area contributed by atoms with Crippen LogP contribution >= 0.6 is 0 Å². The van der Waals surface area contributed by atoms with Crippen LogP contribution in [0.3, 0.4) is 0 Å². The summed E-state index contributed by atoms with van der Waals surface area (Å²) in [6.45, 7) is 4.93. The number of hydrogen-bond donors (Lipinski definition) is 2. The van der Waals surface area contributed by atoms with Gasteiger partial charge in [0.1, 0.15) is 5.75 Å². The third-order valence-electron chi connectivity index (χ3n) is 4.90. The molecule has 30 heavy (non-hydrogen) atoms. The van der Waals surface area contributed by atoms with Crippen molar-refractivity contribution in [2.75, 3.05) is 13.2 Å². The maximum absolute atomic E-state index is 12.8. The van der Waals surface area contributed by atoms with Crippen molar-refractivity contribution in [2.45, 2.75) is 32.6 Å². The Bertz CT molecular complexity index is 954. The average Bonchev–Trinajstić information content (AvgIpc) is 2.68. The van der Waals surface area contributed by atoms with E-state index in [0.29, 0.717) is 25.1 Å². The van der Waals surface area contributed by atoms with E-state index in [1.165, 1.54) is 17.7 Å². The highest BCUT2D eigenvalue weighted by Gasteiger charge is 2.31. The number of guanidine groups is 2. The first-order valence-electron chi connectivity index (χ1n) is 9.46. The van der Waals surface area contributed by atoms with Gasteiger partial charge in [0.15, 0.2) is 6.17 Å². The molecule has 6 nitrogen and oxygen atoms in total. The molecule has 9 heteroatoms. The Morgan fingerprint density at radius 3 is 2.37 bits per heavy atom. The number of ether oxygens (including phenoxy) is 1. The zero-order chi connectivity index (χ0) is 21.9. The molecular weight excluding hydrogens is 395 g/mol. The Morgan fingerprint density at radius 2 is 1.73 bits per heavy atom. The Morgan fingerprint density at radius 1 is 1.03 bits per heavy atom. The van der Waals surface area contributed by atoms with Crippen LogP contribution in [-0.2, 0) is 6.18 Å². The number of benzene rings is 2. The Kier molecular flexibility index (Phi) is 6.19. The lowest BCUT2D eigenvalue weighted by Crippen LogP contribution is -2.44. The number of hydrogen-bond acceptors (Lipinski definition) is 6. The predicted molar refractivity (Wildman–Crippen MR) is 110 cm³/mol. The molecule has 1 heterocycles. The van der Waals surface area contributed by atoms with E-state index in [4.69, 9.17) is 16.2 Å². The zero-order valence-electron chi connectivity index (χ0n) is 16.8. The van der Waals surface area contributed by atoms with Crippen molar-refractivity contribution in [3.63, 3.8) is 0 Å². The van der Waals surface area contributed by atoms with E-state index >= 15 is 0 Å². The second-order valence-corrected chi connectivity index (χ2v) is 7.09. The van der Waals surface area contributed by atoms with Gasteiger partial charge in [0, 0.05) is 6.54 Å². The van der Waals surface area contributed by atoms with Crippen molar-refractivity contribution < 1.29 is 17.9 Å². The lowest BCUT2D eigenvalue weighted by Gasteiger charge is -2.32. The van der Waals surface area contributed by atoms with Crippen LogP contribution in [0.15, 0.2) is 52.4 Å². The van der Waals surface area contributed by atoms with Crippen molar-refractivity contribution in [1.82, 2.24) is 4.90 Å². The molecule has 0 aromatic heterocycles. The Balaban J connectivity index is 1.67. The summed E-state index contributed by atoms with van der Waals surface area (Å²) in [6, 6.07) is 10.7. The van der Waals surface area contributed by atoms with Crippen LogP contribution in [-0.4, -0.2) is 30.0 Å². The topological polar surface area (TPSA) is 89.2 Å². The minimum Gasteiger partial charge on any atom is -0.494 e. The largest absolute Gasteiger partial charge is 0.494 e. The van der Waals surface area contributed by atoms with Crippen LogP contribution in [0, 0.1) is 13.8 Å². The highest BCUT2D eigenvalue weighted by Crippen LogP contribution is 2.32. The summed E-state index contributed by atoms with van der Waals surface area (Å²) in [5, 5.41) is 0. The molecule has 0 aliphatic carbocycles. The van der Waals surface area contributed by atoms with Gasteiger partial charge in [-0.15, -0.1) is 0 Å². The van der Waals surface area contributed by atoms with Gasteiger partial charge >= 0.3 is 6.18 Å². The second kappa shape index (κ2) is 8.64.